The third kappa shape index (κ3) is 3.15. The lowest BCUT2D eigenvalue weighted by molar-refractivity contribution is 0.0733. The summed E-state index contributed by atoms with van der Waals surface area (Å²) in [7, 11) is 1.57. The number of carbonyl (C=O) groups excluding carboxylic acids is 1. The normalized spacial score (nSPS) is 10.1. The lowest BCUT2D eigenvalue weighted by Gasteiger charge is -2.08. The molecule has 0 atom stereocenters. The summed E-state index contributed by atoms with van der Waals surface area (Å²) in [5, 5.41) is 0. The van der Waals surface area contributed by atoms with Crippen LogP contribution in [0.1, 0.15) is 15.9 Å². The van der Waals surface area contributed by atoms with Crippen molar-refractivity contribution in [1.29, 1.82) is 0 Å². The third-order valence-electron chi connectivity index (χ3n) is 2.68. The Balaban J connectivity index is 2.21. The fourth-order valence-corrected chi connectivity index (χ4v) is 2.16. The van der Waals surface area contributed by atoms with Gasteiger partial charge in [0.25, 0.3) is 0 Å². The van der Waals surface area contributed by atoms with E-state index in [0.717, 1.165) is 5.56 Å². The minimum atomic E-state index is -0.391. The van der Waals surface area contributed by atoms with Crippen LogP contribution in [0.4, 0.5) is 0 Å². The fourth-order valence-electron chi connectivity index (χ4n) is 1.62. The summed E-state index contributed by atoms with van der Waals surface area (Å²) in [6.07, 6.45) is 0. The molecule has 0 amide bonds. The molecule has 2 aromatic rings. The van der Waals surface area contributed by atoms with E-state index < -0.39 is 5.97 Å². The molecule has 3 nitrogen and oxygen atoms in total. The molecule has 2 aromatic carbocycles. The van der Waals surface area contributed by atoms with Crippen molar-refractivity contribution < 1.29 is 14.3 Å². The number of esters is 1. The van der Waals surface area contributed by atoms with Crippen LogP contribution in [-0.4, -0.2) is 13.1 Å². The van der Waals surface area contributed by atoms with Crippen LogP contribution in [0.5, 0.6) is 11.5 Å². The SMILES string of the molecule is COc1ccc(C(=O)Oc2ccccc2C)cc1Br. The molecule has 0 heterocycles. The summed E-state index contributed by atoms with van der Waals surface area (Å²) in [5.74, 6) is 0.851. The van der Waals surface area contributed by atoms with E-state index in [4.69, 9.17) is 9.47 Å². The molecule has 2 rings (SSSR count). The summed E-state index contributed by atoms with van der Waals surface area (Å²) in [5.41, 5.74) is 1.39. The molecule has 0 aromatic heterocycles. The Bertz CT molecular complexity index is 608. The van der Waals surface area contributed by atoms with E-state index in [-0.39, 0.29) is 0 Å². The summed E-state index contributed by atoms with van der Waals surface area (Å²) in [4.78, 5) is 12.0. The van der Waals surface area contributed by atoms with Gasteiger partial charge >= 0.3 is 5.97 Å². The number of halogens is 1. The molecule has 0 aliphatic heterocycles. The molecule has 0 aliphatic rings. The third-order valence-corrected chi connectivity index (χ3v) is 3.30. The van der Waals surface area contributed by atoms with Crippen LogP contribution in [0, 0.1) is 6.92 Å². The average Bonchev–Trinajstić information content (AvgIpc) is 2.41. The van der Waals surface area contributed by atoms with Crippen LogP contribution in [0.25, 0.3) is 0 Å². The van der Waals surface area contributed by atoms with Crippen LogP contribution < -0.4 is 9.47 Å². The Hall–Kier alpha value is -1.81. The minimum absolute atomic E-state index is 0.391. The molecule has 0 radical (unpaired) electrons. The van der Waals surface area contributed by atoms with Crippen molar-refractivity contribution in [2.45, 2.75) is 6.92 Å². The number of hydrogen-bond acceptors (Lipinski definition) is 3. The smallest absolute Gasteiger partial charge is 0.343 e. The van der Waals surface area contributed by atoms with E-state index in [1.807, 2.05) is 25.1 Å². The molecule has 0 N–H and O–H groups in total. The zero-order chi connectivity index (χ0) is 13.8. The Morgan fingerprint density at radius 3 is 2.47 bits per heavy atom. The van der Waals surface area contributed by atoms with Crippen molar-refractivity contribution in [3.63, 3.8) is 0 Å². The molecule has 0 spiro atoms. The van der Waals surface area contributed by atoms with Gasteiger partial charge in [-0.3, -0.25) is 0 Å². The highest BCUT2D eigenvalue weighted by Gasteiger charge is 2.12. The van der Waals surface area contributed by atoms with Crippen LogP contribution in [0.15, 0.2) is 46.9 Å². The monoisotopic (exact) mass is 320 g/mol. The van der Waals surface area contributed by atoms with Gasteiger partial charge in [-0.05, 0) is 52.7 Å². The highest BCUT2D eigenvalue weighted by Crippen LogP contribution is 2.26. The van der Waals surface area contributed by atoms with Gasteiger partial charge in [-0.15, -0.1) is 0 Å². The van der Waals surface area contributed by atoms with E-state index >= 15 is 0 Å². The number of carbonyl (C=O) groups is 1. The molecular formula is C15H13BrO3. The van der Waals surface area contributed by atoms with Gasteiger partial charge in [-0.2, -0.15) is 0 Å². The number of hydrogen-bond donors (Lipinski definition) is 0. The molecule has 0 unspecified atom stereocenters. The van der Waals surface area contributed by atoms with E-state index in [2.05, 4.69) is 15.9 Å². The summed E-state index contributed by atoms with van der Waals surface area (Å²) < 4.78 is 11.2. The van der Waals surface area contributed by atoms with Crippen molar-refractivity contribution in [3.05, 3.63) is 58.1 Å². The maximum atomic E-state index is 12.0. The lowest BCUT2D eigenvalue weighted by Crippen LogP contribution is -2.09. The van der Waals surface area contributed by atoms with Gasteiger partial charge in [0.05, 0.1) is 17.1 Å². The van der Waals surface area contributed by atoms with Crippen molar-refractivity contribution in [2.75, 3.05) is 7.11 Å². The van der Waals surface area contributed by atoms with Gasteiger partial charge < -0.3 is 9.47 Å². The number of para-hydroxylation sites is 1. The van der Waals surface area contributed by atoms with Gasteiger partial charge in [0.2, 0.25) is 0 Å². The summed E-state index contributed by atoms with van der Waals surface area (Å²) in [6, 6.07) is 12.5. The predicted octanol–water partition coefficient (Wildman–Crippen LogP) is 3.99. The second-order valence-electron chi connectivity index (χ2n) is 4.00. The molecule has 19 heavy (non-hydrogen) atoms. The van der Waals surface area contributed by atoms with Gasteiger partial charge in [-0.1, -0.05) is 18.2 Å². The first-order chi connectivity index (χ1) is 9.11. The Morgan fingerprint density at radius 2 is 1.84 bits per heavy atom. The highest BCUT2D eigenvalue weighted by atomic mass is 79.9. The molecular weight excluding hydrogens is 308 g/mol. The Labute approximate surface area is 120 Å². The lowest BCUT2D eigenvalue weighted by atomic mass is 10.2. The number of ether oxygens (including phenoxy) is 2. The molecule has 0 aliphatic carbocycles. The van der Waals surface area contributed by atoms with E-state index in [1.54, 1.807) is 31.4 Å². The van der Waals surface area contributed by atoms with Crippen LogP contribution in [0.2, 0.25) is 0 Å². The second-order valence-corrected chi connectivity index (χ2v) is 4.86. The number of rotatable bonds is 3. The maximum absolute atomic E-state index is 12.0. The fraction of sp³-hybridized carbons (Fsp3) is 0.133. The molecule has 0 saturated heterocycles. The van der Waals surface area contributed by atoms with E-state index in [1.165, 1.54) is 0 Å². The predicted molar refractivity (Wildman–Crippen MR) is 76.8 cm³/mol. The quantitative estimate of drug-likeness (QED) is 0.633. The van der Waals surface area contributed by atoms with Gasteiger partial charge in [0.15, 0.2) is 0 Å². The standard InChI is InChI=1S/C15H13BrO3/c1-10-5-3-4-6-13(10)19-15(17)11-7-8-14(18-2)12(16)9-11/h3-9H,1-2H3. The van der Waals surface area contributed by atoms with E-state index in [0.29, 0.717) is 21.5 Å². The highest BCUT2D eigenvalue weighted by molar-refractivity contribution is 9.10. The van der Waals surface area contributed by atoms with Crippen LogP contribution in [-0.2, 0) is 0 Å². The van der Waals surface area contributed by atoms with Gasteiger partial charge in [0.1, 0.15) is 11.5 Å². The number of aryl methyl sites for hydroxylation is 1. The molecule has 4 heteroatoms. The first-order valence-corrected chi connectivity index (χ1v) is 6.52. The maximum Gasteiger partial charge on any atom is 0.343 e. The van der Waals surface area contributed by atoms with Crippen molar-refractivity contribution in [3.8, 4) is 11.5 Å². The number of benzene rings is 2. The minimum Gasteiger partial charge on any atom is -0.496 e. The zero-order valence-electron chi connectivity index (χ0n) is 10.6. The largest absolute Gasteiger partial charge is 0.496 e. The first-order valence-electron chi connectivity index (χ1n) is 5.73. The second kappa shape index (κ2) is 5.89. The molecule has 0 saturated carbocycles. The molecule has 0 bridgehead atoms. The Morgan fingerprint density at radius 1 is 1.11 bits per heavy atom. The van der Waals surface area contributed by atoms with Crippen molar-refractivity contribution in [2.24, 2.45) is 0 Å². The Kier molecular flexibility index (Phi) is 4.22. The van der Waals surface area contributed by atoms with Crippen molar-refractivity contribution >= 4 is 21.9 Å². The van der Waals surface area contributed by atoms with Gasteiger partial charge in [0, 0.05) is 0 Å². The van der Waals surface area contributed by atoms with Gasteiger partial charge in [-0.25, -0.2) is 4.79 Å². The molecule has 0 fully saturated rings. The summed E-state index contributed by atoms with van der Waals surface area (Å²) >= 11 is 3.34. The topological polar surface area (TPSA) is 35.5 Å². The molecule has 98 valence electrons. The zero-order valence-corrected chi connectivity index (χ0v) is 12.2. The number of methoxy groups -OCH3 is 1. The van der Waals surface area contributed by atoms with Crippen LogP contribution in [0.3, 0.4) is 0 Å². The summed E-state index contributed by atoms with van der Waals surface area (Å²) in [6.45, 7) is 1.90. The first kappa shape index (κ1) is 13.6. The van der Waals surface area contributed by atoms with Crippen molar-refractivity contribution in [1.82, 2.24) is 0 Å². The van der Waals surface area contributed by atoms with E-state index in [9.17, 15) is 4.79 Å². The van der Waals surface area contributed by atoms with Crippen LogP contribution >= 0.6 is 15.9 Å². The average molecular weight is 321 g/mol.